The Balaban J connectivity index is 3.16. The third-order valence-corrected chi connectivity index (χ3v) is 4.75. The molecule has 1 rings (SSSR count). The number of benzene rings is 1. The molecule has 10 heteroatoms. The number of hydrogen-bond acceptors (Lipinski definition) is 7. The molecule has 0 aliphatic rings. The zero-order valence-corrected chi connectivity index (χ0v) is 21.1. The number of nitrogens with one attached hydrogen (secondary N) is 2. The maximum absolute atomic E-state index is 13.5. The highest BCUT2D eigenvalue weighted by Crippen LogP contribution is 2.23. The van der Waals surface area contributed by atoms with Crippen LogP contribution in [0.3, 0.4) is 0 Å². The second-order valence-electron chi connectivity index (χ2n) is 8.32. The molecule has 34 heavy (non-hydrogen) atoms. The van der Waals surface area contributed by atoms with E-state index < -0.39 is 41.6 Å². The molecule has 0 fully saturated rings. The van der Waals surface area contributed by atoms with Crippen molar-refractivity contribution in [3.63, 3.8) is 0 Å². The van der Waals surface area contributed by atoms with E-state index in [0.29, 0.717) is 5.56 Å². The third kappa shape index (κ3) is 9.86. The van der Waals surface area contributed by atoms with E-state index in [1.807, 2.05) is 0 Å². The number of carbonyl (C=O) groups is 4. The van der Waals surface area contributed by atoms with Gasteiger partial charge >= 0.3 is 12.1 Å². The summed E-state index contributed by atoms with van der Waals surface area (Å²) in [7, 11) is 0. The van der Waals surface area contributed by atoms with Crippen molar-refractivity contribution in [2.75, 3.05) is 25.4 Å². The fourth-order valence-electron chi connectivity index (χ4n) is 3.02. The lowest BCUT2D eigenvalue weighted by molar-refractivity contribution is -0.144. The van der Waals surface area contributed by atoms with Gasteiger partial charge in [0.2, 0.25) is 11.8 Å². The zero-order chi connectivity index (χ0) is 25.7. The molecule has 188 valence electrons. The van der Waals surface area contributed by atoms with Gasteiger partial charge in [0.15, 0.2) is 0 Å². The molecule has 2 N–H and O–H groups in total. The Kier molecular flexibility index (Phi) is 12.2. The first kappa shape index (κ1) is 29.0. The van der Waals surface area contributed by atoms with Crippen LogP contribution in [0.4, 0.5) is 4.79 Å². The number of hydrogen-bond donors (Lipinski definition) is 3. The van der Waals surface area contributed by atoms with E-state index in [4.69, 9.17) is 9.47 Å². The minimum Gasteiger partial charge on any atom is -0.466 e. The number of alkyl carbamates (subject to hydrolysis) is 1. The monoisotopic (exact) mass is 493 g/mol. The SMILES string of the molecule is C=CCN(C(=O)C(CS)NC(=O)OC(C)(C)C)C(C(=O)NCCC(=O)OCC)c1ccccc1. The Morgan fingerprint density at radius 2 is 1.82 bits per heavy atom. The summed E-state index contributed by atoms with van der Waals surface area (Å²) >= 11 is 4.21. The summed E-state index contributed by atoms with van der Waals surface area (Å²) in [5.74, 6) is -1.47. The van der Waals surface area contributed by atoms with Crippen LogP contribution in [-0.4, -0.2) is 65.9 Å². The quantitative estimate of drug-likeness (QED) is 0.234. The van der Waals surface area contributed by atoms with Crippen molar-refractivity contribution in [2.24, 2.45) is 0 Å². The smallest absolute Gasteiger partial charge is 0.408 e. The largest absolute Gasteiger partial charge is 0.466 e. The van der Waals surface area contributed by atoms with Crippen LogP contribution < -0.4 is 10.6 Å². The molecule has 2 unspecified atom stereocenters. The van der Waals surface area contributed by atoms with Crippen LogP contribution in [0.15, 0.2) is 43.0 Å². The number of nitrogens with zero attached hydrogens (tertiary/aromatic N) is 1. The maximum atomic E-state index is 13.5. The predicted molar refractivity (Wildman–Crippen MR) is 132 cm³/mol. The second kappa shape index (κ2) is 14.3. The van der Waals surface area contributed by atoms with E-state index in [1.54, 1.807) is 58.0 Å². The summed E-state index contributed by atoms with van der Waals surface area (Å²) in [6, 6.07) is 6.65. The van der Waals surface area contributed by atoms with Gasteiger partial charge in [0, 0.05) is 18.8 Å². The Bertz CT molecular complexity index is 841. The number of ether oxygens (including phenoxy) is 2. The summed E-state index contributed by atoms with van der Waals surface area (Å²) in [4.78, 5) is 51.9. The summed E-state index contributed by atoms with van der Waals surface area (Å²) in [6.07, 6.45) is 0.715. The molecule has 0 saturated heterocycles. The van der Waals surface area contributed by atoms with Crippen molar-refractivity contribution in [1.29, 1.82) is 0 Å². The third-order valence-electron chi connectivity index (χ3n) is 4.39. The number of amides is 3. The fourth-order valence-corrected chi connectivity index (χ4v) is 3.27. The molecule has 2 atom stereocenters. The van der Waals surface area contributed by atoms with E-state index in [1.165, 1.54) is 11.0 Å². The standard InChI is InChI=1S/C24H35N3O6S/c1-6-15-27(22(30)18(16-34)26-23(31)33-24(3,4)5)20(17-11-9-8-10-12-17)21(29)25-14-13-19(28)32-7-2/h6,8-12,18,20,34H,1,7,13-16H2,2-5H3,(H,25,29)(H,26,31). The molecule has 0 aliphatic carbocycles. The van der Waals surface area contributed by atoms with Crippen molar-refractivity contribution in [3.8, 4) is 0 Å². The molecule has 1 aromatic carbocycles. The highest BCUT2D eigenvalue weighted by atomic mass is 32.1. The summed E-state index contributed by atoms with van der Waals surface area (Å²) < 4.78 is 10.1. The van der Waals surface area contributed by atoms with Crippen LogP contribution in [0.5, 0.6) is 0 Å². The number of esters is 1. The van der Waals surface area contributed by atoms with Gasteiger partial charge in [0.05, 0.1) is 13.0 Å². The minimum absolute atomic E-state index is 0.00401. The second-order valence-corrected chi connectivity index (χ2v) is 8.69. The first-order chi connectivity index (χ1) is 16.0. The molecule has 0 bridgehead atoms. The number of carbonyl (C=O) groups excluding carboxylic acids is 4. The molecule has 3 amide bonds. The van der Waals surface area contributed by atoms with Crippen LogP contribution >= 0.6 is 12.6 Å². The van der Waals surface area contributed by atoms with Gasteiger partial charge in [-0.15, -0.1) is 6.58 Å². The van der Waals surface area contributed by atoms with Crippen LogP contribution in [0.25, 0.3) is 0 Å². The zero-order valence-electron chi connectivity index (χ0n) is 20.2. The van der Waals surface area contributed by atoms with Crippen molar-refractivity contribution in [1.82, 2.24) is 15.5 Å². The summed E-state index contributed by atoms with van der Waals surface area (Å²) in [5, 5.41) is 5.22. The number of rotatable bonds is 12. The van der Waals surface area contributed by atoms with Crippen molar-refractivity contribution in [3.05, 3.63) is 48.6 Å². The van der Waals surface area contributed by atoms with Gasteiger partial charge in [-0.3, -0.25) is 14.4 Å². The van der Waals surface area contributed by atoms with Gasteiger partial charge in [-0.2, -0.15) is 12.6 Å². The van der Waals surface area contributed by atoms with Crippen molar-refractivity contribution < 1.29 is 28.7 Å². The van der Waals surface area contributed by atoms with Crippen molar-refractivity contribution in [2.45, 2.75) is 51.8 Å². The summed E-state index contributed by atoms with van der Waals surface area (Å²) in [6.45, 7) is 10.8. The molecule has 0 heterocycles. The van der Waals surface area contributed by atoms with Crippen LogP contribution in [0.2, 0.25) is 0 Å². The van der Waals surface area contributed by atoms with Gasteiger partial charge < -0.3 is 25.0 Å². The lowest BCUT2D eigenvalue weighted by Crippen LogP contribution is -2.54. The van der Waals surface area contributed by atoms with E-state index in [2.05, 4.69) is 29.8 Å². The number of thiol groups is 1. The lowest BCUT2D eigenvalue weighted by atomic mass is 10.0. The average molecular weight is 494 g/mol. The molecular weight excluding hydrogens is 458 g/mol. The van der Waals surface area contributed by atoms with Gasteiger partial charge in [0.25, 0.3) is 0 Å². The van der Waals surface area contributed by atoms with Gasteiger partial charge in [0.1, 0.15) is 17.7 Å². The summed E-state index contributed by atoms with van der Waals surface area (Å²) in [5.41, 5.74) is -0.193. The van der Waals surface area contributed by atoms with Gasteiger partial charge in [-0.05, 0) is 33.3 Å². The van der Waals surface area contributed by atoms with Crippen LogP contribution in [0.1, 0.15) is 45.7 Å². The predicted octanol–water partition coefficient (Wildman–Crippen LogP) is 2.63. The molecule has 0 saturated carbocycles. The molecular formula is C24H35N3O6S. The molecule has 1 aromatic rings. The van der Waals surface area contributed by atoms with Gasteiger partial charge in [-0.1, -0.05) is 36.4 Å². The Labute approximate surface area is 206 Å². The van der Waals surface area contributed by atoms with E-state index >= 15 is 0 Å². The fraction of sp³-hybridized carbons (Fsp3) is 0.500. The molecule has 0 radical (unpaired) electrons. The van der Waals surface area contributed by atoms with Crippen LogP contribution in [0, 0.1) is 0 Å². The lowest BCUT2D eigenvalue weighted by Gasteiger charge is -2.33. The molecule has 0 aliphatic heterocycles. The van der Waals surface area contributed by atoms with E-state index in [9.17, 15) is 19.2 Å². The van der Waals surface area contributed by atoms with Crippen LogP contribution in [-0.2, 0) is 23.9 Å². The maximum Gasteiger partial charge on any atom is 0.408 e. The van der Waals surface area contributed by atoms with E-state index in [-0.39, 0.29) is 31.9 Å². The van der Waals surface area contributed by atoms with Crippen molar-refractivity contribution >= 4 is 36.5 Å². The van der Waals surface area contributed by atoms with Gasteiger partial charge in [-0.25, -0.2) is 4.79 Å². The topological polar surface area (TPSA) is 114 Å². The normalized spacial score (nSPS) is 12.6. The Morgan fingerprint density at radius 1 is 1.18 bits per heavy atom. The molecule has 9 nitrogen and oxygen atoms in total. The minimum atomic E-state index is -1.04. The average Bonchev–Trinajstić information content (AvgIpc) is 2.76. The first-order valence-electron chi connectivity index (χ1n) is 11.0. The van der Waals surface area contributed by atoms with E-state index in [0.717, 1.165) is 0 Å². The molecule has 0 spiro atoms. The first-order valence-corrected chi connectivity index (χ1v) is 11.7. The molecule has 0 aromatic heterocycles. The Hall–Kier alpha value is -3.01. The highest BCUT2D eigenvalue weighted by molar-refractivity contribution is 7.80. The Morgan fingerprint density at radius 3 is 2.35 bits per heavy atom. The highest BCUT2D eigenvalue weighted by Gasteiger charge is 2.35.